The highest BCUT2D eigenvalue weighted by atomic mass is 19.1. The standard InChI is InChI=1S/C12H16F2N2O2/c1-12(2,3)18-16(8-17)15-7-9-4-10(13)6-11(14)5-9/h4-6,8,15H,7H2,1-3H3. The number of nitrogens with one attached hydrogen (secondary N) is 1. The van der Waals surface area contributed by atoms with Gasteiger partial charge in [0.25, 0.3) is 0 Å². The van der Waals surface area contributed by atoms with E-state index in [9.17, 15) is 13.6 Å². The van der Waals surface area contributed by atoms with Crippen LogP contribution in [0, 0.1) is 11.6 Å². The summed E-state index contributed by atoms with van der Waals surface area (Å²) in [5.74, 6) is -1.33. The van der Waals surface area contributed by atoms with Crippen LogP contribution in [-0.2, 0) is 16.2 Å². The van der Waals surface area contributed by atoms with Gasteiger partial charge in [0.2, 0.25) is 6.41 Å². The molecule has 6 heteroatoms. The highest BCUT2D eigenvalue weighted by molar-refractivity contribution is 5.44. The predicted octanol–water partition coefficient (Wildman–Crippen LogP) is 2.16. The fraction of sp³-hybridized carbons (Fsp3) is 0.417. The molecule has 0 aliphatic carbocycles. The molecule has 1 aromatic rings. The molecule has 0 aliphatic rings. The third kappa shape index (κ3) is 5.20. The third-order valence-electron chi connectivity index (χ3n) is 1.83. The first-order valence-electron chi connectivity index (χ1n) is 5.42. The first-order valence-corrected chi connectivity index (χ1v) is 5.42. The van der Waals surface area contributed by atoms with Crippen molar-refractivity contribution in [1.82, 2.24) is 10.6 Å². The number of halogens is 2. The Labute approximate surface area is 104 Å². The van der Waals surface area contributed by atoms with Gasteiger partial charge in [0.05, 0.1) is 5.60 Å². The average molecular weight is 258 g/mol. The van der Waals surface area contributed by atoms with E-state index >= 15 is 0 Å². The van der Waals surface area contributed by atoms with Crippen molar-refractivity contribution >= 4 is 6.41 Å². The molecule has 0 fully saturated rings. The van der Waals surface area contributed by atoms with Gasteiger partial charge >= 0.3 is 0 Å². The second-order valence-corrected chi connectivity index (χ2v) is 4.75. The van der Waals surface area contributed by atoms with E-state index in [2.05, 4.69) is 5.43 Å². The maximum absolute atomic E-state index is 12.9. The zero-order chi connectivity index (χ0) is 13.8. The lowest BCUT2D eigenvalue weighted by Crippen LogP contribution is -2.42. The second-order valence-electron chi connectivity index (χ2n) is 4.75. The Kier molecular flexibility index (Phi) is 4.75. The molecule has 0 saturated heterocycles. The van der Waals surface area contributed by atoms with Crippen molar-refractivity contribution in [3.05, 3.63) is 35.4 Å². The number of carbonyl (C=O) groups excluding carboxylic acids is 1. The summed E-state index contributed by atoms with van der Waals surface area (Å²) in [6.45, 7) is 5.39. The van der Waals surface area contributed by atoms with Gasteiger partial charge in [-0.2, -0.15) is 5.17 Å². The van der Waals surface area contributed by atoms with E-state index in [1.807, 2.05) is 0 Å². The topological polar surface area (TPSA) is 41.6 Å². The Bertz CT molecular complexity index is 399. The van der Waals surface area contributed by atoms with Crippen LogP contribution >= 0.6 is 0 Å². The number of hydrazine groups is 1. The monoisotopic (exact) mass is 258 g/mol. The lowest BCUT2D eigenvalue weighted by Gasteiger charge is -2.26. The molecule has 0 atom stereocenters. The highest BCUT2D eigenvalue weighted by Gasteiger charge is 2.15. The zero-order valence-electron chi connectivity index (χ0n) is 10.5. The van der Waals surface area contributed by atoms with E-state index in [4.69, 9.17) is 4.84 Å². The molecule has 18 heavy (non-hydrogen) atoms. The van der Waals surface area contributed by atoms with E-state index in [1.165, 1.54) is 12.1 Å². The van der Waals surface area contributed by atoms with E-state index in [0.717, 1.165) is 11.2 Å². The summed E-state index contributed by atoms with van der Waals surface area (Å²) in [5.41, 5.74) is 2.42. The smallest absolute Gasteiger partial charge is 0.249 e. The van der Waals surface area contributed by atoms with Gasteiger partial charge in [-0.25, -0.2) is 19.0 Å². The predicted molar refractivity (Wildman–Crippen MR) is 61.9 cm³/mol. The normalized spacial score (nSPS) is 11.4. The number of amides is 1. The lowest BCUT2D eigenvalue weighted by molar-refractivity contribution is -0.239. The van der Waals surface area contributed by atoms with Crippen molar-refractivity contribution in [3.8, 4) is 0 Å². The quantitative estimate of drug-likeness (QED) is 0.650. The molecule has 4 nitrogen and oxygen atoms in total. The van der Waals surface area contributed by atoms with Crippen LogP contribution in [0.3, 0.4) is 0 Å². The molecule has 0 heterocycles. The van der Waals surface area contributed by atoms with Crippen molar-refractivity contribution in [2.24, 2.45) is 0 Å². The number of benzene rings is 1. The summed E-state index contributed by atoms with van der Waals surface area (Å²) in [5, 5.41) is 0.878. The van der Waals surface area contributed by atoms with Crippen LogP contribution in [0.15, 0.2) is 18.2 Å². The summed E-state index contributed by atoms with van der Waals surface area (Å²) in [4.78, 5) is 16.0. The molecule has 1 aromatic carbocycles. The average Bonchev–Trinajstić information content (AvgIpc) is 2.21. The molecule has 0 radical (unpaired) electrons. The van der Waals surface area contributed by atoms with Crippen LogP contribution in [-0.4, -0.2) is 17.2 Å². The van der Waals surface area contributed by atoms with Gasteiger partial charge in [0.15, 0.2) is 0 Å². The Hall–Kier alpha value is -1.53. The minimum Gasteiger partial charge on any atom is -0.275 e. The minimum atomic E-state index is -0.666. The first kappa shape index (κ1) is 14.5. The Balaban J connectivity index is 2.60. The van der Waals surface area contributed by atoms with Crippen LogP contribution in [0.4, 0.5) is 8.78 Å². The SMILES string of the molecule is CC(C)(C)ON(C=O)NCc1cc(F)cc(F)c1. The van der Waals surface area contributed by atoms with Crippen molar-refractivity contribution in [2.75, 3.05) is 0 Å². The summed E-state index contributed by atoms with van der Waals surface area (Å²) >= 11 is 0. The lowest BCUT2D eigenvalue weighted by atomic mass is 10.2. The van der Waals surface area contributed by atoms with Crippen LogP contribution in [0.1, 0.15) is 26.3 Å². The Morgan fingerprint density at radius 3 is 2.28 bits per heavy atom. The van der Waals surface area contributed by atoms with Crippen LogP contribution in [0.2, 0.25) is 0 Å². The number of nitrogens with zero attached hydrogens (tertiary/aromatic N) is 1. The van der Waals surface area contributed by atoms with Gasteiger partial charge in [-0.1, -0.05) is 0 Å². The highest BCUT2D eigenvalue weighted by Crippen LogP contribution is 2.10. The fourth-order valence-electron chi connectivity index (χ4n) is 1.27. The molecule has 1 rings (SSSR count). The molecule has 0 saturated carbocycles. The van der Waals surface area contributed by atoms with Gasteiger partial charge in [-0.05, 0) is 38.5 Å². The molecular weight excluding hydrogens is 242 g/mol. The largest absolute Gasteiger partial charge is 0.275 e. The van der Waals surface area contributed by atoms with E-state index in [1.54, 1.807) is 20.8 Å². The second kappa shape index (κ2) is 5.88. The number of hydrogen-bond donors (Lipinski definition) is 1. The molecule has 0 bridgehead atoms. The van der Waals surface area contributed by atoms with Crippen molar-refractivity contribution in [1.29, 1.82) is 0 Å². The molecule has 0 aromatic heterocycles. The number of hydrogen-bond acceptors (Lipinski definition) is 3. The maximum Gasteiger partial charge on any atom is 0.249 e. The Morgan fingerprint density at radius 2 is 1.83 bits per heavy atom. The van der Waals surface area contributed by atoms with Crippen LogP contribution < -0.4 is 5.43 Å². The number of carbonyl (C=O) groups is 1. The molecule has 0 spiro atoms. The molecule has 0 aliphatic heterocycles. The summed E-state index contributed by atoms with van der Waals surface area (Å²) in [7, 11) is 0. The maximum atomic E-state index is 12.9. The molecule has 0 unspecified atom stereocenters. The van der Waals surface area contributed by atoms with Crippen molar-refractivity contribution in [2.45, 2.75) is 32.9 Å². The first-order chi connectivity index (χ1) is 8.30. The zero-order valence-corrected chi connectivity index (χ0v) is 10.5. The van der Waals surface area contributed by atoms with Crippen molar-refractivity contribution in [3.63, 3.8) is 0 Å². The molecule has 1 amide bonds. The Morgan fingerprint density at radius 1 is 1.28 bits per heavy atom. The molecule has 1 N–H and O–H groups in total. The van der Waals surface area contributed by atoms with Crippen LogP contribution in [0.5, 0.6) is 0 Å². The molecule has 100 valence electrons. The van der Waals surface area contributed by atoms with E-state index < -0.39 is 17.2 Å². The summed E-state index contributed by atoms with van der Waals surface area (Å²) in [6, 6.07) is 3.14. The van der Waals surface area contributed by atoms with Crippen molar-refractivity contribution < 1.29 is 18.4 Å². The van der Waals surface area contributed by atoms with Gasteiger partial charge in [-0.15, -0.1) is 0 Å². The van der Waals surface area contributed by atoms with Gasteiger partial charge in [-0.3, -0.25) is 4.79 Å². The van der Waals surface area contributed by atoms with Gasteiger partial charge in [0.1, 0.15) is 11.6 Å². The van der Waals surface area contributed by atoms with E-state index in [0.29, 0.717) is 12.0 Å². The van der Waals surface area contributed by atoms with Crippen LogP contribution in [0.25, 0.3) is 0 Å². The minimum absolute atomic E-state index is 0.0729. The summed E-state index contributed by atoms with van der Waals surface area (Å²) in [6.07, 6.45) is 0.445. The van der Waals surface area contributed by atoms with Gasteiger partial charge in [0, 0.05) is 12.6 Å². The third-order valence-corrected chi connectivity index (χ3v) is 1.83. The molecular formula is C12H16F2N2O2. The fourth-order valence-corrected chi connectivity index (χ4v) is 1.27. The number of hydroxylamine groups is 1. The number of rotatable bonds is 5. The van der Waals surface area contributed by atoms with Gasteiger partial charge < -0.3 is 0 Å². The van der Waals surface area contributed by atoms with E-state index in [-0.39, 0.29) is 6.54 Å². The summed E-state index contributed by atoms with van der Waals surface area (Å²) < 4.78 is 25.8.